The summed E-state index contributed by atoms with van der Waals surface area (Å²) in [6.07, 6.45) is 7.37. The maximum absolute atomic E-state index is 12.2. The lowest BCUT2D eigenvalue weighted by Crippen LogP contribution is -2.49. The van der Waals surface area contributed by atoms with E-state index < -0.39 is 5.38 Å². The van der Waals surface area contributed by atoms with E-state index >= 15 is 0 Å². The number of hydrogen-bond donors (Lipinski definition) is 1. The number of amides is 2. The van der Waals surface area contributed by atoms with Crippen LogP contribution in [0, 0.1) is 5.92 Å². The predicted molar refractivity (Wildman–Crippen MR) is 79.6 cm³/mol. The van der Waals surface area contributed by atoms with Crippen LogP contribution in [-0.2, 0) is 9.59 Å². The summed E-state index contributed by atoms with van der Waals surface area (Å²) in [7, 11) is 0. The molecule has 0 bridgehead atoms. The Morgan fingerprint density at radius 1 is 1.10 bits per heavy atom. The van der Waals surface area contributed by atoms with Crippen molar-refractivity contribution in [3.05, 3.63) is 0 Å². The highest BCUT2D eigenvalue weighted by Gasteiger charge is 2.28. The number of hydrogen-bond acceptors (Lipinski definition) is 2. The summed E-state index contributed by atoms with van der Waals surface area (Å²) >= 11 is 5.82. The van der Waals surface area contributed by atoms with E-state index in [1.165, 1.54) is 19.3 Å². The maximum Gasteiger partial charge on any atom is 0.240 e. The highest BCUT2D eigenvalue weighted by Crippen LogP contribution is 2.24. The molecule has 1 unspecified atom stereocenters. The molecule has 114 valence electrons. The third-order valence-electron chi connectivity index (χ3n) is 4.47. The molecule has 1 heterocycles. The van der Waals surface area contributed by atoms with Crippen molar-refractivity contribution in [2.45, 2.75) is 63.3 Å². The third-order valence-corrected chi connectivity index (χ3v) is 4.66. The second-order valence-corrected chi connectivity index (χ2v) is 6.71. The number of piperidine rings is 1. The van der Waals surface area contributed by atoms with Crippen LogP contribution in [-0.4, -0.2) is 41.2 Å². The fourth-order valence-corrected chi connectivity index (χ4v) is 3.32. The van der Waals surface area contributed by atoms with E-state index in [2.05, 4.69) is 5.32 Å². The molecule has 1 aliphatic heterocycles. The van der Waals surface area contributed by atoms with E-state index in [4.69, 9.17) is 11.6 Å². The van der Waals surface area contributed by atoms with Crippen molar-refractivity contribution in [2.75, 3.05) is 13.1 Å². The second kappa shape index (κ2) is 7.30. The van der Waals surface area contributed by atoms with Crippen LogP contribution in [0.2, 0.25) is 0 Å². The van der Waals surface area contributed by atoms with E-state index in [0.29, 0.717) is 13.1 Å². The van der Waals surface area contributed by atoms with Crippen LogP contribution in [0.4, 0.5) is 0 Å². The summed E-state index contributed by atoms with van der Waals surface area (Å²) in [4.78, 5) is 25.8. The molecule has 1 saturated carbocycles. The molecule has 0 aromatic rings. The Labute approximate surface area is 126 Å². The maximum atomic E-state index is 12.2. The lowest BCUT2D eigenvalue weighted by molar-refractivity contribution is -0.132. The van der Waals surface area contributed by atoms with Gasteiger partial charge in [0.2, 0.25) is 11.8 Å². The standard InChI is InChI=1S/C15H25ClN2O2/c1-11(16)15(20)18-9-7-13(8-10-18)17-14(19)12-5-3-2-4-6-12/h11-13H,2-10H2,1H3,(H,17,19). The summed E-state index contributed by atoms with van der Waals surface area (Å²) in [5.41, 5.74) is 0. The minimum atomic E-state index is -0.455. The van der Waals surface area contributed by atoms with Crippen molar-refractivity contribution >= 4 is 23.4 Å². The molecular formula is C15H25ClN2O2. The molecule has 1 saturated heterocycles. The van der Waals surface area contributed by atoms with Gasteiger partial charge >= 0.3 is 0 Å². The molecule has 2 aliphatic rings. The van der Waals surface area contributed by atoms with Crippen LogP contribution >= 0.6 is 11.6 Å². The van der Waals surface area contributed by atoms with Crippen molar-refractivity contribution < 1.29 is 9.59 Å². The predicted octanol–water partition coefficient (Wildman–Crippen LogP) is 2.30. The first-order valence-corrected chi connectivity index (χ1v) is 8.25. The van der Waals surface area contributed by atoms with Crippen LogP contribution in [0.15, 0.2) is 0 Å². The van der Waals surface area contributed by atoms with Crippen LogP contribution in [0.3, 0.4) is 0 Å². The van der Waals surface area contributed by atoms with Crippen LogP contribution in [0.5, 0.6) is 0 Å². The van der Waals surface area contributed by atoms with Gasteiger partial charge in [-0.1, -0.05) is 19.3 Å². The largest absolute Gasteiger partial charge is 0.353 e. The Morgan fingerprint density at radius 2 is 1.70 bits per heavy atom. The number of halogens is 1. The van der Waals surface area contributed by atoms with Gasteiger partial charge in [0.05, 0.1) is 0 Å². The quantitative estimate of drug-likeness (QED) is 0.813. The zero-order chi connectivity index (χ0) is 14.5. The molecule has 1 N–H and O–H groups in total. The molecule has 0 aromatic carbocycles. The second-order valence-electron chi connectivity index (χ2n) is 6.06. The first-order chi connectivity index (χ1) is 9.58. The normalized spacial score (nSPS) is 23.4. The van der Waals surface area contributed by atoms with E-state index in [9.17, 15) is 9.59 Å². The molecule has 0 spiro atoms. The number of likely N-dealkylation sites (tertiary alicyclic amines) is 1. The molecule has 2 amide bonds. The molecule has 2 rings (SSSR count). The molecule has 1 aliphatic carbocycles. The molecule has 1 atom stereocenters. The van der Waals surface area contributed by atoms with Gasteiger partial charge in [-0.2, -0.15) is 0 Å². The van der Waals surface area contributed by atoms with E-state index in [-0.39, 0.29) is 23.8 Å². The molecule has 0 radical (unpaired) electrons. The average Bonchev–Trinajstić information content (AvgIpc) is 2.48. The van der Waals surface area contributed by atoms with Crippen LogP contribution in [0.1, 0.15) is 51.9 Å². The molecular weight excluding hydrogens is 276 g/mol. The van der Waals surface area contributed by atoms with Gasteiger partial charge in [-0.25, -0.2) is 0 Å². The Kier molecular flexibility index (Phi) is 5.70. The fraction of sp³-hybridized carbons (Fsp3) is 0.867. The van der Waals surface area contributed by atoms with Crippen LogP contribution in [0.25, 0.3) is 0 Å². The molecule has 0 aromatic heterocycles. The average molecular weight is 301 g/mol. The van der Waals surface area contributed by atoms with E-state index in [0.717, 1.165) is 25.7 Å². The number of rotatable bonds is 3. The Hall–Kier alpha value is -0.770. The number of carbonyl (C=O) groups is 2. The van der Waals surface area contributed by atoms with Gasteiger partial charge < -0.3 is 10.2 Å². The SMILES string of the molecule is CC(Cl)C(=O)N1CCC(NC(=O)C2CCCCC2)CC1. The lowest BCUT2D eigenvalue weighted by atomic mass is 9.88. The first-order valence-electron chi connectivity index (χ1n) is 7.81. The molecule has 20 heavy (non-hydrogen) atoms. The minimum absolute atomic E-state index is 0.00345. The van der Waals surface area contributed by atoms with Crippen molar-refractivity contribution in [3.63, 3.8) is 0 Å². The third kappa shape index (κ3) is 4.11. The van der Waals surface area contributed by atoms with E-state index in [1.54, 1.807) is 11.8 Å². The van der Waals surface area contributed by atoms with Gasteiger partial charge in [0.25, 0.3) is 0 Å². The summed E-state index contributed by atoms with van der Waals surface area (Å²) in [5.74, 6) is 0.440. The molecule has 2 fully saturated rings. The first kappa shape index (κ1) is 15.6. The lowest BCUT2D eigenvalue weighted by Gasteiger charge is -2.34. The highest BCUT2D eigenvalue weighted by atomic mass is 35.5. The van der Waals surface area contributed by atoms with Gasteiger partial charge in [0.15, 0.2) is 0 Å². The topological polar surface area (TPSA) is 49.4 Å². The van der Waals surface area contributed by atoms with Gasteiger partial charge in [0, 0.05) is 25.0 Å². The number of nitrogens with zero attached hydrogens (tertiary/aromatic N) is 1. The van der Waals surface area contributed by atoms with Crippen molar-refractivity contribution in [1.82, 2.24) is 10.2 Å². The summed E-state index contributed by atoms with van der Waals surface area (Å²) < 4.78 is 0. The minimum Gasteiger partial charge on any atom is -0.353 e. The number of carbonyl (C=O) groups excluding carboxylic acids is 2. The van der Waals surface area contributed by atoms with Crippen LogP contribution < -0.4 is 5.32 Å². The monoisotopic (exact) mass is 300 g/mol. The Balaban J connectivity index is 1.73. The summed E-state index contributed by atoms with van der Waals surface area (Å²) in [6, 6.07) is 0.221. The number of alkyl halides is 1. The summed E-state index contributed by atoms with van der Waals surface area (Å²) in [5, 5.41) is 2.71. The zero-order valence-corrected chi connectivity index (χ0v) is 13.0. The smallest absolute Gasteiger partial charge is 0.240 e. The Bertz CT molecular complexity index is 346. The van der Waals surface area contributed by atoms with Gasteiger partial charge in [-0.15, -0.1) is 11.6 Å². The van der Waals surface area contributed by atoms with Crippen molar-refractivity contribution in [1.29, 1.82) is 0 Å². The fourth-order valence-electron chi connectivity index (χ4n) is 3.18. The van der Waals surface area contributed by atoms with Gasteiger partial charge in [0.1, 0.15) is 5.38 Å². The van der Waals surface area contributed by atoms with Gasteiger partial charge in [-0.3, -0.25) is 9.59 Å². The van der Waals surface area contributed by atoms with Gasteiger partial charge in [-0.05, 0) is 32.6 Å². The van der Waals surface area contributed by atoms with Crippen molar-refractivity contribution in [3.8, 4) is 0 Å². The molecule has 5 heteroatoms. The zero-order valence-electron chi connectivity index (χ0n) is 12.2. The number of nitrogens with one attached hydrogen (secondary N) is 1. The molecule has 4 nitrogen and oxygen atoms in total. The van der Waals surface area contributed by atoms with E-state index in [1.807, 2.05) is 0 Å². The van der Waals surface area contributed by atoms with Crippen molar-refractivity contribution in [2.24, 2.45) is 5.92 Å². The Morgan fingerprint density at radius 3 is 2.25 bits per heavy atom. The highest BCUT2D eigenvalue weighted by molar-refractivity contribution is 6.30. The summed E-state index contributed by atoms with van der Waals surface area (Å²) in [6.45, 7) is 3.11.